The van der Waals surface area contributed by atoms with Crippen molar-refractivity contribution >= 4 is 53.8 Å². The Morgan fingerprint density at radius 3 is 1.78 bits per heavy atom. The molecule has 0 saturated heterocycles. The molecule has 0 fully saturated rings. The maximum atomic E-state index is 9.62. The molecule has 5 nitrogen and oxygen atoms in total. The van der Waals surface area contributed by atoms with Crippen LogP contribution in [0.3, 0.4) is 0 Å². The second kappa shape index (κ2) is 4.45. The van der Waals surface area contributed by atoms with Crippen LogP contribution >= 0.6 is 0 Å². The van der Waals surface area contributed by atoms with Crippen molar-refractivity contribution in [3.8, 4) is 0 Å². The Hall–Kier alpha value is 0.640. The molecule has 0 aliphatic rings. The Labute approximate surface area is 81.8 Å². The van der Waals surface area contributed by atoms with E-state index >= 15 is 0 Å². The van der Waals surface area contributed by atoms with Crippen LogP contribution in [0.15, 0.2) is 0 Å². The number of carbonyl (C=O) groups is 1. The number of carboxylic acids is 1. The standard InChI is InChI=1S/C2H4O5S.Ca/c3-2(4)1-8(5,6)7;/h1H2,(H,3,4)(H,5,6,7);. The zero-order valence-electron chi connectivity index (χ0n) is 4.44. The van der Waals surface area contributed by atoms with Crippen LogP contribution in [-0.4, -0.2) is 67.5 Å². The summed E-state index contributed by atoms with van der Waals surface area (Å²) >= 11 is 0. The zero-order chi connectivity index (χ0) is 6.78. The van der Waals surface area contributed by atoms with E-state index in [-0.39, 0.29) is 37.7 Å². The predicted molar refractivity (Wildman–Crippen MR) is 29.8 cm³/mol. The summed E-state index contributed by atoms with van der Waals surface area (Å²) in [4.78, 5) is 9.48. The summed E-state index contributed by atoms with van der Waals surface area (Å²) in [5.41, 5.74) is 0. The Kier molecular flexibility index (Phi) is 6.10. The van der Waals surface area contributed by atoms with E-state index in [1.807, 2.05) is 0 Å². The summed E-state index contributed by atoms with van der Waals surface area (Å²) in [6.45, 7) is 0. The Balaban J connectivity index is 0. The van der Waals surface area contributed by atoms with Gasteiger partial charge in [0.1, 0.15) is 0 Å². The largest absolute Gasteiger partial charge is 0.480 e. The minimum Gasteiger partial charge on any atom is -0.480 e. The van der Waals surface area contributed by atoms with Gasteiger partial charge in [0.15, 0.2) is 5.75 Å². The molecule has 0 spiro atoms. The van der Waals surface area contributed by atoms with Gasteiger partial charge in [-0.1, -0.05) is 0 Å². The smallest absolute Gasteiger partial charge is 0.321 e. The van der Waals surface area contributed by atoms with E-state index in [2.05, 4.69) is 0 Å². The number of hydrogen-bond acceptors (Lipinski definition) is 3. The zero-order valence-corrected chi connectivity index (χ0v) is 7.47. The fourth-order valence-corrected chi connectivity index (χ4v) is 0.468. The van der Waals surface area contributed by atoms with Gasteiger partial charge in [0.25, 0.3) is 10.1 Å². The molecule has 0 bridgehead atoms. The van der Waals surface area contributed by atoms with Crippen LogP contribution in [0.5, 0.6) is 0 Å². The molecule has 0 unspecified atom stereocenters. The molecule has 0 aliphatic heterocycles. The molecule has 0 aliphatic carbocycles. The van der Waals surface area contributed by atoms with Crippen molar-refractivity contribution in [3.63, 3.8) is 0 Å². The van der Waals surface area contributed by atoms with Crippen LogP contribution in [0.4, 0.5) is 0 Å². The fourth-order valence-electron chi connectivity index (χ4n) is 0.156. The molecule has 0 aromatic heterocycles. The summed E-state index contributed by atoms with van der Waals surface area (Å²) in [7, 11) is -4.32. The molecule has 50 valence electrons. The van der Waals surface area contributed by atoms with Gasteiger partial charge >= 0.3 is 5.97 Å². The van der Waals surface area contributed by atoms with Crippen LogP contribution < -0.4 is 0 Å². The molecule has 0 rings (SSSR count). The van der Waals surface area contributed by atoms with E-state index in [0.717, 1.165) is 0 Å². The van der Waals surface area contributed by atoms with E-state index < -0.39 is 21.8 Å². The van der Waals surface area contributed by atoms with Crippen molar-refractivity contribution in [2.45, 2.75) is 0 Å². The van der Waals surface area contributed by atoms with Gasteiger partial charge in [0, 0.05) is 37.7 Å². The monoisotopic (exact) mass is 180 g/mol. The van der Waals surface area contributed by atoms with E-state index in [1.54, 1.807) is 0 Å². The molecule has 0 amide bonds. The number of aliphatic carboxylic acids is 1. The SMILES string of the molecule is O=C(O)CS(=O)(=O)O.[Ca]. The third-order valence-electron chi connectivity index (χ3n) is 0.306. The second-order valence-corrected chi connectivity index (χ2v) is 2.57. The number of hydrogen-bond donors (Lipinski definition) is 2. The molecule has 7 heteroatoms. The van der Waals surface area contributed by atoms with Crippen molar-refractivity contribution in [1.29, 1.82) is 0 Å². The summed E-state index contributed by atoms with van der Waals surface area (Å²) in [6.07, 6.45) is 0. The molecule has 0 heterocycles. The van der Waals surface area contributed by atoms with Gasteiger partial charge in [0.2, 0.25) is 0 Å². The minimum absolute atomic E-state index is 0. The first kappa shape index (κ1) is 12.3. The van der Waals surface area contributed by atoms with Gasteiger partial charge in [-0.3, -0.25) is 9.35 Å². The normalized spacial score (nSPS) is 9.89. The fraction of sp³-hybridized carbons (Fsp3) is 0.500. The van der Waals surface area contributed by atoms with E-state index in [9.17, 15) is 13.2 Å². The maximum Gasteiger partial charge on any atom is 0.321 e. The average Bonchev–Trinajstić information content (AvgIpc) is 1.21. The molecule has 2 radical (unpaired) electrons. The van der Waals surface area contributed by atoms with Gasteiger partial charge < -0.3 is 5.11 Å². The molecule has 0 atom stereocenters. The third-order valence-corrected chi connectivity index (χ3v) is 0.918. The van der Waals surface area contributed by atoms with Gasteiger partial charge in [-0.15, -0.1) is 0 Å². The minimum atomic E-state index is -4.32. The molecule has 2 N–H and O–H groups in total. The van der Waals surface area contributed by atoms with Gasteiger partial charge in [-0.05, 0) is 0 Å². The summed E-state index contributed by atoms with van der Waals surface area (Å²) in [5.74, 6) is -2.79. The van der Waals surface area contributed by atoms with Crippen LogP contribution in [-0.2, 0) is 14.9 Å². The molecule has 0 aromatic carbocycles. The van der Waals surface area contributed by atoms with E-state index in [4.69, 9.17) is 9.66 Å². The van der Waals surface area contributed by atoms with Gasteiger partial charge in [0.05, 0.1) is 0 Å². The molecule has 0 aromatic rings. The molecule has 0 saturated carbocycles. The number of carboxylic acid groups (broad SMARTS) is 1. The van der Waals surface area contributed by atoms with E-state index in [1.165, 1.54) is 0 Å². The number of rotatable bonds is 2. The summed E-state index contributed by atoms with van der Waals surface area (Å²) in [6, 6.07) is 0. The first-order valence-electron chi connectivity index (χ1n) is 1.59. The second-order valence-electron chi connectivity index (χ2n) is 1.12. The predicted octanol–water partition coefficient (Wildman–Crippen LogP) is -1.42. The van der Waals surface area contributed by atoms with Crippen molar-refractivity contribution in [1.82, 2.24) is 0 Å². The van der Waals surface area contributed by atoms with Crippen LogP contribution in [0.2, 0.25) is 0 Å². The topological polar surface area (TPSA) is 91.7 Å². The Morgan fingerprint density at radius 1 is 1.44 bits per heavy atom. The molecular formula is C2H4CaO5S. The third kappa shape index (κ3) is 12.0. The van der Waals surface area contributed by atoms with E-state index in [0.29, 0.717) is 0 Å². The summed E-state index contributed by atoms with van der Waals surface area (Å²) < 4.78 is 27.0. The quantitative estimate of drug-likeness (QED) is 0.402. The Morgan fingerprint density at radius 2 is 1.78 bits per heavy atom. The van der Waals surface area contributed by atoms with Crippen molar-refractivity contribution in [3.05, 3.63) is 0 Å². The van der Waals surface area contributed by atoms with Gasteiger partial charge in [-0.2, -0.15) is 8.42 Å². The Bertz CT molecular complexity index is 181. The van der Waals surface area contributed by atoms with Crippen molar-refractivity contribution in [2.75, 3.05) is 5.75 Å². The van der Waals surface area contributed by atoms with Crippen molar-refractivity contribution in [2.24, 2.45) is 0 Å². The first-order valence-corrected chi connectivity index (χ1v) is 3.20. The summed E-state index contributed by atoms with van der Waals surface area (Å²) in [5, 5.41) is 7.71. The first-order chi connectivity index (χ1) is 3.42. The average molecular weight is 180 g/mol. The molecule has 9 heavy (non-hydrogen) atoms. The van der Waals surface area contributed by atoms with Gasteiger partial charge in [-0.25, -0.2) is 0 Å². The maximum absolute atomic E-state index is 9.62. The van der Waals surface area contributed by atoms with Crippen LogP contribution in [0.1, 0.15) is 0 Å². The van der Waals surface area contributed by atoms with Crippen LogP contribution in [0.25, 0.3) is 0 Å². The van der Waals surface area contributed by atoms with Crippen molar-refractivity contribution < 1.29 is 22.9 Å². The molecular weight excluding hydrogens is 176 g/mol. The van der Waals surface area contributed by atoms with Crippen LogP contribution in [0, 0.1) is 0 Å².